The number of carboxylic acids is 1. The number of hydrogen-bond acceptors (Lipinski definition) is 7. The molecule has 0 aliphatic rings. The summed E-state index contributed by atoms with van der Waals surface area (Å²) in [6.45, 7) is 0. The molecule has 1 unspecified atom stereocenters. The summed E-state index contributed by atoms with van der Waals surface area (Å²) in [5, 5.41) is 20.6. The quantitative estimate of drug-likeness (QED) is 0.380. The molecule has 178 valence electrons. The molecule has 0 saturated carbocycles. The number of aromatic carboxylic acids is 1. The Hall–Kier alpha value is -4.73. The Bertz CT molecular complexity index is 1340. The standard InChI is InChI=1S/C25H23N5O5/c1-34-22-9-8-20(12-23(22)35-2)30-15-19(28-29-30)11-21(16-6-4-3-5-7-16)27-24(31)17-10-18(25(32)33)14-26-13-17/h3-10,12-15,21H,11H2,1-2H3,(H,27,31)(H,32,33). The van der Waals surface area contributed by atoms with Crippen LogP contribution in [0.1, 0.15) is 38.0 Å². The van der Waals surface area contributed by atoms with Crippen molar-refractivity contribution in [2.24, 2.45) is 0 Å². The summed E-state index contributed by atoms with van der Waals surface area (Å²) in [6.07, 6.45) is 4.66. The lowest BCUT2D eigenvalue weighted by molar-refractivity contribution is 0.0696. The summed E-state index contributed by atoms with van der Waals surface area (Å²) in [4.78, 5) is 28.1. The van der Waals surface area contributed by atoms with Gasteiger partial charge in [-0.05, 0) is 23.8 Å². The van der Waals surface area contributed by atoms with Gasteiger partial charge in [-0.2, -0.15) is 0 Å². The molecule has 2 aromatic heterocycles. The molecule has 0 spiro atoms. The predicted molar refractivity (Wildman–Crippen MR) is 126 cm³/mol. The molecule has 2 N–H and O–H groups in total. The van der Waals surface area contributed by atoms with Gasteiger partial charge >= 0.3 is 5.97 Å². The van der Waals surface area contributed by atoms with E-state index < -0.39 is 17.9 Å². The minimum Gasteiger partial charge on any atom is -0.493 e. The largest absolute Gasteiger partial charge is 0.493 e. The van der Waals surface area contributed by atoms with Gasteiger partial charge in [0.05, 0.1) is 49.0 Å². The van der Waals surface area contributed by atoms with Gasteiger partial charge in [-0.25, -0.2) is 9.48 Å². The Morgan fingerprint density at radius 1 is 1.00 bits per heavy atom. The van der Waals surface area contributed by atoms with Crippen molar-refractivity contribution in [3.05, 3.63) is 95.6 Å². The summed E-state index contributed by atoms with van der Waals surface area (Å²) < 4.78 is 12.3. The van der Waals surface area contributed by atoms with Crippen LogP contribution >= 0.6 is 0 Å². The smallest absolute Gasteiger partial charge is 0.337 e. The van der Waals surface area contributed by atoms with E-state index in [-0.39, 0.29) is 11.1 Å². The summed E-state index contributed by atoms with van der Waals surface area (Å²) in [6, 6.07) is 15.7. The topological polar surface area (TPSA) is 128 Å². The van der Waals surface area contributed by atoms with Crippen molar-refractivity contribution >= 4 is 11.9 Å². The number of carbonyl (C=O) groups is 2. The molecule has 0 aliphatic heterocycles. The van der Waals surface area contributed by atoms with Crippen LogP contribution in [-0.2, 0) is 6.42 Å². The third-order valence-corrected chi connectivity index (χ3v) is 5.34. The Kier molecular flexibility index (Phi) is 7.01. The number of methoxy groups -OCH3 is 2. The first-order valence-corrected chi connectivity index (χ1v) is 10.7. The molecular formula is C25H23N5O5. The number of hydrogen-bond donors (Lipinski definition) is 2. The van der Waals surface area contributed by atoms with Crippen LogP contribution in [0, 0.1) is 0 Å². The van der Waals surface area contributed by atoms with Gasteiger partial charge in [0.1, 0.15) is 0 Å². The first-order chi connectivity index (χ1) is 17.0. The van der Waals surface area contributed by atoms with Crippen molar-refractivity contribution in [3.8, 4) is 17.2 Å². The van der Waals surface area contributed by atoms with E-state index in [1.54, 1.807) is 37.2 Å². The van der Waals surface area contributed by atoms with Gasteiger partial charge in [-0.15, -0.1) is 5.10 Å². The molecule has 4 aromatic rings. The average Bonchev–Trinajstić information content (AvgIpc) is 3.37. The number of benzene rings is 2. The van der Waals surface area contributed by atoms with Crippen LogP contribution in [0.15, 0.2) is 73.2 Å². The van der Waals surface area contributed by atoms with Gasteiger partial charge in [-0.3, -0.25) is 9.78 Å². The van der Waals surface area contributed by atoms with Crippen LogP contribution in [-0.4, -0.2) is 51.2 Å². The fraction of sp³-hybridized carbons (Fsp3) is 0.160. The zero-order valence-electron chi connectivity index (χ0n) is 19.1. The van der Waals surface area contributed by atoms with Crippen LogP contribution in [0.2, 0.25) is 0 Å². The fourth-order valence-corrected chi connectivity index (χ4v) is 3.55. The normalized spacial score (nSPS) is 11.5. The Morgan fingerprint density at radius 2 is 1.74 bits per heavy atom. The average molecular weight is 473 g/mol. The highest BCUT2D eigenvalue weighted by atomic mass is 16.5. The van der Waals surface area contributed by atoms with E-state index in [2.05, 4.69) is 20.6 Å². The monoisotopic (exact) mass is 473 g/mol. The Labute approximate surface area is 201 Å². The summed E-state index contributed by atoms with van der Waals surface area (Å²) in [5.74, 6) is -0.432. The summed E-state index contributed by atoms with van der Waals surface area (Å²) >= 11 is 0. The second-order valence-electron chi connectivity index (χ2n) is 7.60. The van der Waals surface area contributed by atoms with Gasteiger partial charge in [0.25, 0.3) is 5.91 Å². The predicted octanol–water partition coefficient (Wildman–Crippen LogP) is 3.09. The molecular weight excluding hydrogens is 450 g/mol. The number of carbonyl (C=O) groups excluding carboxylic acids is 1. The molecule has 10 heteroatoms. The van der Waals surface area contributed by atoms with Crippen LogP contribution in [0.4, 0.5) is 0 Å². The maximum Gasteiger partial charge on any atom is 0.337 e. The Balaban J connectivity index is 1.58. The molecule has 1 amide bonds. The molecule has 0 saturated heterocycles. The lowest BCUT2D eigenvalue weighted by atomic mass is 10.0. The summed E-state index contributed by atoms with van der Waals surface area (Å²) in [7, 11) is 3.13. The minimum absolute atomic E-state index is 0.0632. The van der Waals surface area contributed by atoms with Crippen molar-refractivity contribution in [1.82, 2.24) is 25.3 Å². The molecule has 4 rings (SSSR count). The van der Waals surface area contributed by atoms with E-state index in [0.29, 0.717) is 23.6 Å². The number of nitrogens with zero attached hydrogens (tertiary/aromatic N) is 4. The lowest BCUT2D eigenvalue weighted by Gasteiger charge is -2.18. The summed E-state index contributed by atoms with van der Waals surface area (Å²) in [5.41, 5.74) is 2.33. The number of carboxylic acid groups (broad SMARTS) is 1. The first kappa shape index (κ1) is 23.4. The molecule has 1 atom stereocenters. The van der Waals surface area contributed by atoms with Crippen molar-refractivity contribution in [2.45, 2.75) is 12.5 Å². The number of rotatable bonds is 9. The SMILES string of the molecule is COc1ccc(-n2cc(CC(NC(=O)c3cncc(C(=O)O)c3)c3ccccc3)nn2)cc1OC. The molecule has 35 heavy (non-hydrogen) atoms. The van der Waals surface area contributed by atoms with E-state index in [0.717, 1.165) is 11.3 Å². The van der Waals surface area contributed by atoms with Gasteiger partial charge in [0.2, 0.25) is 0 Å². The zero-order chi connectivity index (χ0) is 24.8. The second-order valence-corrected chi connectivity index (χ2v) is 7.60. The number of amides is 1. The molecule has 0 bridgehead atoms. The van der Waals surface area contributed by atoms with Crippen molar-refractivity contribution in [2.75, 3.05) is 14.2 Å². The van der Waals surface area contributed by atoms with E-state index >= 15 is 0 Å². The van der Waals surface area contributed by atoms with E-state index in [9.17, 15) is 14.7 Å². The number of ether oxygens (including phenoxy) is 2. The third kappa shape index (κ3) is 5.44. The van der Waals surface area contributed by atoms with Gasteiger partial charge in [-0.1, -0.05) is 35.5 Å². The van der Waals surface area contributed by atoms with Crippen molar-refractivity contribution in [3.63, 3.8) is 0 Å². The molecule has 0 fully saturated rings. The van der Waals surface area contributed by atoms with Crippen molar-refractivity contribution < 1.29 is 24.2 Å². The number of pyridine rings is 1. The van der Waals surface area contributed by atoms with Crippen molar-refractivity contribution in [1.29, 1.82) is 0 Å². The van der Waals surface area contributed by atoms with Gasteiger partial charge in [0.15, 0.2) is 11.5 Å². The maximum absolute atomic E-state index is 12.9. The minimum atomic E-state index is -1.15. The molecule has 0 radical (unpaired) electrons. The molecule has 2 aromatic carbocycles. The van der Waals surface area contributed by atoms with Crippen LogP contribution in [0.25, 0.3) is 5.69 Å². The van der Waals surface area contributed by atoms with E-state index in [1.807, 2.05) is 36.4 Å². The Morgan fingerprint density at radius 3 is 2.46 bits per heavy atom. The van der Waals surface area contributed by atoms with Crippen LogP contribution in [0.5, 0.6) is 11.5 Å². The molecule has 10 nitrogen and oxygen atoms in total. The van der Waals surface area contributed by atoms with E-state index in [1.165, 1.54) is 18.5 Å². The number of aromatic nitrogens is 4. The zero-order valence-corrected chi connectivity index (χ0v) is 19.1. The van der Waals surface area contributed by atoms with Gasteiger partial charge in [0, 0.05) is 24.9 Å². The fourth-order valence-electron chi connectivity index (χ4n) is 3.55. The highest BCUT2D eigenvalue weighted by Crippen LogP contribution is 2.29. The first-order valence-electron chi connectivity index (χ1n) is 10.7. The highest BCUT2D eigenvalue weighted by Gasteiger charge is 2.19. The molecule has 0 aliphatic carbocycles. The highest BCUT2D eigenvalue weighted by molar-refractivity contribution is 5.97. The van der Waals surface area contributed by atoms with E-state index in [4.69, 9.17) is 9.47 Å². The third-order valence-electron chi connectivity index (χ3n) is 5.34. The van der Waals surface area contributed by atoms with Crippen LogP contribution in [0.3, 0.4) is 0 Å². The maximum atomic E-state index is 12.9. The lowest BCUT2D eigenvalue weighted by Crippen LogP contribution is -2.30. The van der Waals surface area contributed by atoms with Gasteiger partial charge < -0.3 is 19.9 Å². The van der Waals surface area contributed by atoms with Crippen LogP contribution < -0.4 is 14.8 Å². The number of nitrogens with one attached hydrogen (secondary N) is 1. The second kappa shape index (κ2) is 10.5. The molecule has 2 heterocycles.